The highest BCUT2D eigenvalue weighted by Crippen LogP contribution is 2.19. The second kappa shape index (κ2) is 7.70. The molecular weight excluding hydrogens is 338 g/mol. The smallest absolute Gasteiger partial charge is 0.166 e. The lowest BCUT2D eigenvalue weighted by molar-refractivity contribution is 0.306. The number of nitrogens with two attached hydrogens (primary N) is 1. The second-order valence-corrected chi connectivity index (χ2v) is 6.10. The third-order valence-corrected chi connectivity index (χ3v) is 4.15. The van der Waals surface area contributed by atoms with Gasteiger partial charge >= 0.3 is 0 Å². The zero-order chi connectivity index (χ0) is 18.5. The van der Waals surface area contributed by atoms with Gasteiger partial charge in [-0.2, -0.15) is 0 Å². The molecule has 0 spiro atoms. The maximum absolute atomic E-state index is 5.77. The van der Waals surface area contributed by atoms with Crippen molar-refractivity contribution in [2.45, 2.75) is 13.2 Å². The van der Waals surface area contributed by atoms with Crippen LogP contribution in [0.2, 0.25) is 0 Å². The fourth-order valence-corrected chi connectivity index (χ4v) is 2.72. The Morgan fingerprint density at radius 3 is 2.44 bits per heavy atom. The van der Waals surface area contributed by atoms with Crippen molar-refractivity contribution < 1.29 is 4.74 Å². The van der Waals surface area contributed by atoms with Gasteiger partial charge in [-0.3, -0.25) is 0 Å². The molecule has 0 aliphatic carbocycles. The minimum absolute atomic E-state index is 0.445. The molecule has 2 aromatic carbocycles. The zero-order valence-electron chi connectivity index (χ0n) is 14.7. The first-order valence-corrected chi connectivity index (χ1v) is 8.65. The molecule has 4 rings (SSSR count). The highest BCUT2D eigenvalue weighted by molar-refractivity contribution is 5.87. The Morgan fingerprint density at radius 1 is 0.852 bits per heavy atom. The number of hydrogen-bond donors (Lipinski definition) is 2. The van der Waals surface area contributed by atoms with Gasteiger partial charge in [0.1, 0.15) is 30.3 Å². The molecule has 3 N–H and O–H groups in total. The number of fused-ring (bicyclic) bond motifs is 1. The number of para-hydroxylation sites is 1. The van der Waals surface area contributed by atoms with Crippen LogP contribution in [0.4, 0.5) is 11.6 Å². The van der Waals surface area contributed by atoms with E-state index in [2.05, 4.69) is 44.5 Å². The number of benzene rings is 2. The number of nitrogen functional groups attached to an aromatic ring is 1. The molecule has 0 saturated heterocycles. The number of anilines is 2. The van der Waals surface area contributed by atoms with Gasteiger partial charge in [-0.25, -0.2) is 15.0 Å². The van der Waals surface area contributed by atoms with Crippen molar-refractivity contribution in [1.29, 1.82) is 0 Å². The lowest BCUT2D eigenvalue weighted by Crippen LogP contribution is -2.04. The lowest BCUT2D eigenvalue weighted by Gasteiger charge is -2.09. The molecule has 0 atom stereocenters. The molecule has 2 heterocycles. The molecule has 4 aromatic rings. The van der Waals surface area contributed by atoms with Gasteiger partial charge in [0.25, 0.3) is 0 Å². The van der Waals surface area contributed by atoms with Crippen LogP contribution in [0.25, 0.3) is 11.0 Å². The standard InChI is InChI=1S/C21H19N5O/c22-19-11-10-18-20(24-14-25-21(18)26-19)23-12-15-6-8-16(9-7-15)13-27-17-4-2-1-3-5-17/h1-11,14H,12-13H2,(H3,22,23,24,25,26). The minimum atomic E-state index is 0.445. The van der Waals surface area contributed by atoms with Crippen molar-refractivity contribution >= 4 is 22.7 Å². The van der Waals surface area contributed by atoms with Gasteiger partial charge in [0, 0.05) is 6.54 Å². The normalized spacial score (nSPS) is 10.7. The average molecular weight is 357 g/mol. The van der Waals surface area contributed by atoms with Crippen LogP contribution in [0.15, 0.2) is 73.1 Å². The van der Waals surface area contributed by atoms with E-state index in [0.29, 0.717) is 24.6 Å². The highest BCUT2D eigenvalue weighted by atomic mass is 16.5. The zero-order valence-corrected chi connectivity index (χ0v) is 14.7. The minimum Gasteiger partial charge on any atom is -0.489 e. The summed E-state index contributed by atoms with van der Waals surface area (Å²) in [6, 6.07) is 21.7. The third kappa shape index (κ3) is 4.12. The molecule has 0 saturated carbocycles. The molecule has 2 aromatic heterocycles. The summed E-state index contributed by atoms with van der Waals surface area (Å²) in [5.74, 6) is 2.05. The SMILES string of the molecule is Nc1ccc2c(NCc3ccc(COc4ccccc4)cc3)ncnc2n1. The van der Waals surface area contributed by atoms with E-state index < -0.39 is 0 Å². The topological polar surface area (TPSA) is 86.0 Å². The van der Waals surface area contributed by atoms with E-state index in [1.807, 2.05) is 36.4 Å². The average Bonchev–Trinajstić information content (AvgIpc) is 2.72. The van der Waals surface area contributed by atoms with Crippen LogP contribution in [0.3, 0.4) is 0 Å². The molecule has 0 fully saturated rings. The Hall–Kier alpha value is -3.67. The van der Waals surface area contributed by atoms with Crippen molar-refractivity contribution in [2.75, 3.05) is 11.1 Å². The number of aromatic nitrogens is 3. The van der Waals surface area contributed by atoms with Crippen LogP contribution >= 0.6 is 0 Å². The number of ether oxygens (including phenoxy) is 1. The van der Waals surface area contributed by atoms with Crippen molar-refractivity contribution in [1.82, 2.24) is 15.0 Å². The van der Waals surface area contributed by atoms with Gasteiger partial charge in [0.15, 0.2) is 5.65 Å². The molecular formula is C21H19N5O. The van der Waals surface area contributed by atoms with Crippen LogP contribution in [-0.2, 0) is 13.2 Å². The van der Waals surface area contributed by atoms with E-state index >= 15 is 0 Å². The summed E-state index contributed by atoms with van der Waals surface area (Å²) in [6.07, 6.45) is 1.49. The summed E-state index contributed by atoms with van der Waals surface area (Å²) in [6.45, 7) is 1.19. The predicted molar refractivity (Wildman–Crippen MR) is 106 cm³/mol. The van der Waals surface area contributed by atoms with Crippen molar-refractivity contribution in [3.8, 4) is 5.75 Å². The lowest BCUT2D eigenvalue weighted by atomic mass is 10.1. The van der Waals surface area contributed by atoms with Crippen molar-refractivity contribution in [2.24, 2.45) is 0 Å². The molecule has 6 nitrogen and oxygen atoms in total. The Morgan fingerprint density at radius 2 is 1.63 bits per heavy atom. The van der Waals surface area contributed by atoms with E-state index in [0.717, 1.165) is 28.1 Å². The fourth-order valence-electron chi connectivity index (χ4n) is 2.72. The first-order chi connectivity index (χ1) is 13.3. The summed E-state index contributed by atoms with van der Waals surface area (Å²) < 4.78 is 5.77. The molecule has 27 heavy (non-hydrogen) atoms. The van der Waals surface area contributed by atoms with Gasteiger partial charge < -0.3 is 15.8 Å². The summed E-state index contributed by atoms with van der Waals surface area (Å²) in [4.78, 5) is 12.7. The van der Waals surface area contributed by atoms with E-state index in [1.54, 1.807) is 6.07 Å². The molecule has 0 aliphatic heterocycles. The number of nitrogens with zero attached hydrogens (tertiary/aromatic N) is 3. The Balaban J connectivity index is 1.39. The molecule has 134 valence electrons. The molecule has 0 radical (unpaired) electrons. The summed E-state index contributed by atoms with van der Waals surface area (Å²) in [5.41, 5.74) is 8.56. The van der Waals surface area contributed by atoms with Gasteiger partial charge in [-0.15, -0.1) is 0 Å². The van der Waals surface area contributed by atoms with E-state index in [1.165, 1.54) is 6.33 Å². The van der Waals surface area contributed by atoms with Crippen LogP contribution in [-0.4, -0.2) is 15.0 Å². The second-order valence-electron chi connectivity index (χ2n) is 6.10. The number of hydrogen-bond acceptors (Lipinski definition) is 6. The Kier molecular flexibility index (Phi) is 4.78. The monoisotopic (exact) mass is 357 g/mol. The highest BCUT2D eigenvalue weighted by Gasteiger charge is 2.05. The molecule has 0 aliphatic rings. The number of rotatable bonds is 6. The van der Waals surface area contributed by atoms with Crippen molar-refractivity contribution in [3.63, 3.8) is 0 Å². The van der Waals surface area contributed by atoms with Crippen molar-refractivity contribution in [3.05, 3.63) is 84.2 Å². The summed E-state index contributed by atoms with van der Waals surface area (Å²) >= 11 is 0. The molecule has 6 heteroatoms. The van der Waals surface area contributed by atoms with Gasteiger partial charge in [-0.1, -0.05) is 42.5 Å². The number of nitrogens with one attached hydrogen (secondary N) is 1. The van der Waals surface area contributed by atoms with Crippen LogP contribution in [0, 0.1) is 0 Å². The summed E-state index contributed by atoms with van der Waals surface area (Å²) in [7, 11) is 0. The third-order valence-electron chi connectivity index (χ3n) is 4.15. The first-order valence-electron chi connectivity index (χ1n) is 8.65. The van der Waals surface area contributed by atoms with E-state index in [-0.39, 0.29) is 0 Å². The quantitative estimate of drug-likeness (QED) is 0.546. The van der Waals surface area contributed by atoms with Crippen LogP contribution in [0.1, 0.15) is 11.1 Å². The predicted octanol–water partition coefficient (Wildman–Crippen LogP) is 3.80. The number of pyridine rings is 1. The van der Waals surface area contributed by atoms with Gasteiger partial charge in [0.2, 0.25) is 0 Å². The van der Waals surface area contributed by atoms with Crippen LogP contribution < -0.4 is 15.8 Å². The first kappa shape index (κ1) is 16.8. The Labute approximate surface area is 157 Å². The van der Waals surface area contributed by atoms with Crippen LogP contribution in [0.5, 0.6) is 5.75 Å². The maximum Gasteiger partial charge on any atom is 0.166 e. The van der Waals surface area contributed by atoms with E-state index in [4.69, 9.17) is 10.5 Å². The van der Waals surface area contributed by atoms with E-state index in [9.17, 15) is 0 Å². The molecule has 0 unspecified atom stereocenters. The Bertz CT molecular complexity index is 1040. The molecule has 0 amide bonds. The molecule has 0 bridgehead atoms. The van der Waals surface area contributed by atoms with Gasteiger partial charge in [0.05, 0.1) is 5.39 Å². The maximum atomic E-state index is 5.77. The largest absolute Gasteiger partial charge is 0.489 e. The fraction of sp³-hybridized carbons (Fsp3) is 0.0952. The van der Waals surface area contributed by atoms with Gasteiger partial charge in [-0.05, 0) is 35.4 Å². The summed E-state index contributed by atoms with van der Waals surface area (Å²) in [5, 5.41) is 4.18.